The lowest BCUT2D eigenvalue weighted by Crippen LogP contribution is -2.25. The summed E-state index contributed by atoms with van der Waals surface area (Å²) in [7, 11) is 0. The number of anilines is 1. The zero-order valence-electron chi connectivity index (χ0n) is 12.8. The number of carbonyl (C=O) groups excluding carboxylic acids is 1. The molecular weight excluding hydrogens is 363 g/mol. The lowest BCUT2D eigenvalue weighted by Gasteiger charge is -2.13. The van der Waals surface area contributed by atoms with E-state index >= 15 is 0 Å². The van der Waals surface area contributed by atoms with Gasteiger partial charge < -0.3 is 15.4 Å². The van der Waals surface area contributed by atoms with E-state index in [0.29, 0.717) is 12.2 Å². The molecule has 1 amide bonds. The van der Waals surface area contributed by atoms with Gasteiger partial charge in [0.05, 0.1) is 11.9 Å². The molecule has 2 aromatic rings. The molecule has 0 atom stereocenters. The van der Waals surface area contributed by atoms with Crippen LogP contribution in [0.2, 0.25) is 0 Å². The smallest absolute Gasteiger partial charge is 0.422 e. The van der Waals surface area contributed by atoms with E-state index in [2.05, 4.69) is 30.6 Å². The Bertz CT molecular complexity index is 733. The molecule has 0 aliphatic carbocycles. The van der Waals surface area contributed by atoms with Gasteiger partial charge in [0.15, 0.2) is 12.3 Å². The van der Waals surface area contributed by atoms with Crippen LogP contribution in [0.25, 0.3) is 0 Å². The molecule has 3 N–H and O–H groups in total. The molecular formula is C14H15ClF3N5O2. The van der Waals surface area contributed by atoms with Crippen molar-refractivity contribution < 1.29 is 22.7 Å². The number of H-pyrrole nitrogens is 1. The number of aromatic amines is 1. The molecule has 0 unspecified atom stereocenters. The highest BCUT2D eigenvalue weighted by Gasteiger charge is 2.28. The molecule has 136 valence electrons. The Morgan fingerprint density at radius 3 is 2.84 bits per heavy atom. The number of hydrogen-bond donors (Lipinski definition) is 3. The van der Waals surface area contributed by atoms with Gasteiger partial charge in [0.1, 0.15) is 0 Å². The Morgan fingerprint density at radius 1 is 1.36 bits per heavy atom. The molecule has 0 aromatic carbocycles. The molecule has 0 bridgehead atoms. The predicted octanol–water partition coefficient (Wildman–Crippen LogP) is 2.07. The van der Waals surface area contributed by atoms with Crippen LogP contribution in [0.3, 0.4) is 0 Å². The summed E-state index contributed by atoms with van der Waals surface area (Å²) in [6, 6.07) is 2.66. The second-order valence-electron chi connectivity index (χ2n) is 5.20. The van der Waals surface area contributed by atoms with E-state index in [1.54, 1.807) is 0 Å². The second kappa shape index (κ2) is 7.70. The fourth-order valence-electron chi connectivity index (χ4n) is 2.30. The maximum Gasteiger partial charge on any atom is 0.422 e. The van der Waals surface area contributed by atoms with Gasteiger partial charge in [-0.1, -0.05) is 0 Å². The third-order valence-corrected chi connectivity index (χ3v) is 3.40. The number of halogens is 4. The summed E-state index contributed by atoms with van der Waals surface area (Å²) in [5.41, 5.74) is 2.36. The molecule has 0 fully saturated rings. The van der Waals surface area contributed by atoms with Crippen LogP contribution in [0.5, 0.6) is 5.88 Å². The molecule has 3 heterocycles. The van der Waals surface area contributed by atoms with Crippen molar-refractivity contribution in [3.63, 3.8) is 0 Å². The van der Waals surface area contributed by atoms with Crippen molar-refractivity contribution in [2.24, 2.45) is 0 Å². The normalized spacial score (nSPS) is 13.6. The minimum Gasteiger partial charge on any atom is -0.468 e. The molecule has 0 radical (unpaired) electrons. The third-order valence-electron chi connectivity index (χ3n) is 3.40. The molecule has 1 aliphatic heterocycles. The summed E-state index contributed by atoms with van der Waals surface area (Å²) in [6.07, 6.45) is -2.44. The lowest BCUT2D eigenvalue weighted by molar-refractivity contribution is -0.154. The quantitative estimate of drug-likeness (QED) is 0.758. The molecule has 0 saturated carbocycles. The van der Waals surface area contributed by atoms with Crippen molar-refractivity contribution in [1.82, 2.24) is 20.5 Å². The van der Waals surface area contributed by atoms with E-state index in [4.69, 9.17) is 0 Å². The Hall–Kier alpha value is -2.33. The van der Waals surface area contributed by atoms with Crippen molar-refractivity contribution in [2.45, 2.75) is 19.1 Å². The zero-order chi connectivity index (χ0) is 17.2. The number of ether oxygens (including phenoxy) is 1. The highest BCUT2D eigenvalue weighted by atomic mass is 35.5. The highest BCUT2D eigenvalue weighted by Crippen LogP contribution is 2.19. The van der Waals surface area contributed by atoms with Gasteiger partial charge >= 0.3 is 6.18 Å². The van der Waals surface area contributed by atoms with Crippen LogP contribution in [0, 0.1) is 0 Å². The monoisotopic (exact) mass is 377 g/mol. The molecule has 7 nitrogen and oxygen atoms in total. The first-order valence-electron chi connectivity index (χ1n) is 7.16. The number of fused-ring (bicyclic) bond motifs is 1. The second-order valence-corrected chi connectivity index (χ2v) is 5.20. The summed E-state index contributed by atoms with van der Waals surface area (Å²) in [5.74, 6) is -0.589. The number of rotatable bonds is 4. The van der Waals surface area contributed by atoms with Gasteiger partial charge in [-0.05, 0) is 6.07 Å². The van der Waals surface area contributed by atoms with Crippen LogP contribution >= 0.6 is 12.4 Å². The minimum absolute atomic E-state index is 0. The summed E-state index contributed by atoms with van der Waals surface area (Å²) >= 11 is 0. The molecule has 25 heavy (non-hydrogen) atoms. The van der Waals surface area contributed by atoms with Crippen LogP contribution in [0.1, 0.15) is 21.7 Å². The first-order valence-corrected chi connectivity index (χ1v) is 7.16. The summed E-state index contributed by atoms with van der Waals surface area (Å²) < 4.78 is 40.7. The van der Waals surface area contributed by atoms with Gasteiger partial charge in [-0.25, -0.2) is 4.98 Å². The number of alkyl halides is 3. The molecule has 1 aliphatic rings. The number of aromatic nitrogens is 3. The largest absolute Gasteiger partial charge is 0.468 e. The van der Waals surface area contributed by atoms with E-state index in [1.807, 2.05) is 0 Å². The third kappa shape index (κ3) is 4.83. The highest BCUT2D eigenvalue weighted by molar-refractivity contribution is 6.04. The van der Waals surface area contributed by atoms with Crippen LogP contribution in [-0.2, 0) is 13.0 Å². The summed E-state index contributed by atoms with van der Waals surface area (Å²) in [4.78, 5) is 16.0. The van der Waals surface area contributed by atoms with Crippen LogP contribution in [0.4, 0.5) is 18.9 Å². The number of hydrogen-bond acceptors (Lipinski definition) is 5. The number of pyridine rings is 1. The van der Waals surface area contributed by atoms with Crippen molar-refractivity contribution in [1.29, 1.82) is 0 Å². The van der Waals surface area contributed by atoms with Gasteiger partial charge in [-0.3, -0.25) is 9.89 Å². The maximum absolute atomic E-state index is 12.3. The first-order chi connectivity index (χ1) is 11.4. The first kappa shape index (κ1) is 19.0. The Labute approximate surface area is 146 Å². The molecule has 3 rings (SSSR count). The van der Waals surface area contributed by atoms with Crippen molar-refractivity contribution in [3.8, 4) is 5.88 Å². The lowest BCUT2D eigenvalue weighted by atomic mass is 10.1. The van der Waals surface area contributed by atoms with E-state index in [1.165, 1.54) is 18.3 Å². The van der Waals surface area contributed by atoms with Gasteiger partial charge in [0, 0.05) is 36.8 Å². The molecule has 11 heteroatoms. The fraction of sp³-hybridized carbons (Fsp3) is 0.357. The van der Waals surface area contributed by atoms with Crippen LogP contribution in [-0.4, -0.2) is 40.4 Å². The molecule has 0 saturated heterocycles. The number of amides is 1. The van der Waals surface area contributed by atoms with Gasteiger partial charge in [-0.15, -0.1) is 12.4 Å². The van der Waals surface area contributed by atoms with Crippen molar-refractivity contribution in [3.05, 3.63) is 35.3 Å². The molecule has 2 aromatic heterocycles. The van der Waals surface area contributed by atoms with Gasteiger partial charge in [0.2, 0.25) is 5.88 Å². The predicted molar refractivity (Wildman–Crippen MR) is 85.0 cm³/mol. The Morgan fingerprint density at radius 2 is 2.16 bits per heavy atom. The average molecular weight is 378 g/mol. The SMILES string of the molecule is Cl.O=C(Nc1ccc(OCC(F)(F)F)nc1)c1n[nH]c2c1CNCC2. The van der Waals surface area contributed by atoms with E-state index in [0.717, 1.165) is 24.2 Å². The van der Waals surface area contributed by atoms with E-state index in [-0.39, 0.29) is 24.0 Å². The van der Waals surface area contributed by atoms with Gasteiger partial charge in [0.25, 0.3) is 5.91 Å². The van der Waals surface area contributed by atoms with E-state index < -0.39 is 18.7 Å². The summed E-state index contributed by atoms with van der Waals surface area (Å²) in [6.45, 7) is -0.0469. The fourth-order valence-corrected chi connectivity index (χ4v) is 2.30. The van der Waals surface area contributed by atoms with Crippen LogP contribution < -0.4 is 15.4 Å². The van der Waals surface area contributed by atoms with Crippen molar-refractivity contribution >= 4 is 24.0 Å². The summed E-state index contributed by atoms with van der Waals surface area (Å²) in [5, 5.41) is 12.6. The van der Waals surface area contributed by atoms with Crippen LogP contribution in [0.15, 0.2) is 18.3 Å². The van der Waals surface area contributed by atoms with Crippen molar-refractivity contribution in [2.75, 3.05) is 18.5 Å². The Kier molecular flexibility index (Phi) is 5.85. The topological polar surface area (TPSA) is 91.9 Å². The molecule has 0 spiro atoms. The number of carbonyl (C=O) groups is 1. The minimum atomic E-state index is -4.43. The number of nitrogens with one attached hydrogen (secondary N) is 3. The average Bonchev–Trinajstić information content (AvgIpc) is 2.97. The zero-order valence-corrected chi connectivity index (χ0v) is 13.6. The van der Waals surface area contributed by atoms with Gasteiger partial charge in [-0.2, -0.15) is 18.3 Å². The maximum atomic E-state index is 12.3. The standard InChI is InChI=1S/C14H14F3N5O2.ClH/c15-14(16,17)7-24-11-2-1-8(5-19-11)20-13(23)12-9-6-18-4-3-10(9)21-22-12;/h1-2,5,18H,3-4,6-7H2,(H,20,23)(H,21,22);1H. The Balaban J connectivity index is 0.00000225. The number of nitrogens with zero attached hydrogens (tertiary/aromatic N) is 2. The van der Waals surface area contributed by atoms with E-state index in [9.17, 15) is 18.0 Å².